The number of guanidine groups is 4. The highest BCUT2D eigenvalue weighted by Gasteiger charge is 2.55. The van der Waals surface area contributed by atoms with Crippen molar-refractivity contribution in [2.24, 2.45) is 113 Å². The van der Waals surface area contributed by atoms with E-state index < -0.39 is 22.2 Å². The Hall–Kier alpha value is -6.24. The first-order chi connectivity index (χ1) is 69.2. The number of hydrogen-bond acceptors (Lipinski definition) is 19. The van der Waals surface area contributed by atoms with Gasteiger partial charge in [0.05, 0.1) is 17.6 Å². The standard InChI is InChI=1S/C26H39N3O.C24H42N4O.C23H40N4O.2C23H41N3O2/c1-29-24(27)19-26(25(29)30,16-15-20-9-4-2-5-10-20)18-21-11-8-14-23(17-21)28-22-12-6-3-7-13-22;1-28-22(29)24(27-23(28)25,15-14-18-8-3-2-4-9-18)17-19-10-7-13-21(16-19)26-20-11-5-6-12-20;1-27-21(28)23(26-22(27)24,13-12-17-6-3-2-4-7-17)15-19-8-5-9-20(14-19)25-16-18-10-11-18;2*1-3-4-15-28-20-12-8-11-19(16-20)17-23(21(27)26(2)22(24)25-23)14-13-18-9-6-5-7-10-18/h3,6-7,12-13,20-21,23,27-28H,2,4-5,8-11,14-19H2,1H3;18-21,26H,2-17H2,1H3,(H2,25,27);17-20,25H,2-16H2,1H3,(H2,24,26);2*18-20H,3-17H2,1-2H3,(H2,24,25)/t21-,23+,26-;19-,21+,24+;19-,20-,23-;19-,20+,23+;19-,20-,23+/m00100/s1. The molecule has 12 saturated carbocycles. The quantitative estimate of drug-likeness (QED) is 0.0283. The minimum absolute atomic E-state index is 0.120. The molecule has 24 heteroatoms. The zero-order valence-electron chi connectivity index (χ0n) is 91.2. The minimum atomic E-state index is -0.619. The van der Waals surface area contributed by atoms with Gasteiger partial charge in [0.15, 0.2) is 23.8 Å². The van der Waals surface area contributed by atoms with Crippen molar-refractivity contribution < 1.29 is 33.4 Å². The van der Waals surface area contributed by atoms with Crippen LogP contribution in [0, 0.1) is 75.9 Å². The molecule has 17 aliphatic rings. The van der Waals surface area contributed by atoms with Crippen LogP contribution in [0.15, 0.2) is 50.3 Å². The Kier molecular flexibility index (Phi) is 43.6. The van der Waals surface area contributed by atoms with Crippen LogP contribution in [0.2, 0.25) is 0 Å². The maximum atomic E-state index is 13.3. The van der Waals surface area contributed by atoms with Crippen LogP contribution in [0.4, 0.5) is 5.69 Å². The summed E-state index contributed by atoms with van der Waals surface area (Å²) in [7, 11) is 8.97. The fourth-order valence-corrected chi connectivity index (χ4v) is 29.9. The Morgan fingerprint density at radius 2 is 0.636 bits per heavy atom. The first kappa shape index (κ1) is 112. The molecule has 1 aromatic rings. The van der Waals surface area contributed by atoms with E-state index in [2.05, 4.69) is 60.1 Å². The summed E-state index contributed by atoms with van der Waals surface area (Å²) in [6.07, 6.45) is 86.5. The molecule has 143 heavy (non-hydrogen) atoms. The average Bonchev–Trinajstić information content (AvgIpc) is 1.65. The SMILES string of the molecule is CCCCO[C@@H]1CCC[C@H](C[C@@]2(CCC3CCCCC3)N=C(N)N(C)C2=O)C1.CCCCO[C@H]1CCC[C@H](C[C@@]2(CCC3CCCCC3)N=C(N)N(C)C2=O)C1.CN1C(=N)C[C@](CCC2CCCCC2)(C[C@H]2CCC[C@@H](Nc3ccccc3)C2)C1=O.CN1C(=O)[C@@](CCC2CCCCC2)(C[C@@H]2CCC[C@@H](NCC3CC3)C2)N=C1N.CN1C(=O)[C@@](CCC2CCCCC2)(C[C@H]2CCC[C@@H](NC3CCCC3)C2)N=C1N. The van der Waals surface area contributed by atoms with Crippen molar-refractivity contribution in [2.45, 2.75) is 528 Å². The lowest BCUT2D eigenvalue weighted by Gasteiger charge is -2.37. The molecule has 24 nitrogen and oxygen atoms in total. The number of ether oxygens (including phenoxy) is 2. The summed E-state index contributed by atoms with van der Waals surface area (Å²) in [5.41, 5.74) is 22.9. The van der Waals surface area contributed by atoms with E-state index in [0.29, 0.717) is 96.0 Å². The highest BCUT2D eigenvalue weighted by molar-refractivity contribution is 6.09. The molecule has 12 aliphatic carbocycles. The number of likely N-dealkylation sites (N-methyl/N-ethyl adjacent to an activating group) is 4. The number of anilines is 1. The number of amides is 5. The number of nitrogens with one attached hydrogen (secondary N) is 4. The number of benzene rings is 1. The summed E-state index contributed by atoms with van der Waals surface area (Å²) in [6.45, 7) is 7.33. The van der Waals surface area contributed by atoms with Crippen LogP contribution in [-0.4, -0.2) is 197 Å². The van der Waals surface area contributed by atoms with E-state index in [1.807, 2.05) is 7.05 Å². The fourth-order valence-electron chi connectivity index (χ4n) is 29.9. The molecule has 13 fully saturated rings. The number of aliphatic imine (C=N–C) groups is 4. The number of rotatable bonds is 40. The maximum absolute atomic E-state index is 13.3. The van der Waals surface area contributed by atoms with E-state index >= 15 is 0 Å². The molecule has 0 unspecified atom stereocenters. The minimum Gasteiger partial charge on any atom is -0.382 e. The first-order valence-corrected chi connectivity index (χ1v) is 60.2. The molecule has 1 saturated heterocycles. The van der Waals surface area contributed by atoms with Gasteiger partial charge in [-0.25, -0.2) is 20.0 Å². The summed E-state index contributed by atoms with van der Waals surface area (Å²) < 4.78 is 12.2. The predicted molar refractivity (Wildman–Crippen MR) is 585 cm³/mol. The van der Waals surface area contributed by atoms with Gasteiger partial charge in [-0.2, -0.15) is 0 Å². The maximum Gasteiger partial charge on any atom is 0.257 e. The molecule has 806 valence electrons. The van der Waals surface area contributed by atoms with Crippen LogP contribution in [-0.2, 0) is 33.4 Å². The summed E-state index contributed by atoms with van der Waals surface area (Å²) in [4.78, 5) is 93.4. The van der Waals surface area contributed by atoms with Gasteiger partial charge in [0, 0.05) is 84.7 Å². The van der Waals surface area contributed by atoms with Crippen LogP contribution >= 0.6 is 0 Å². The number of hydrogen-bond donors (Lipinski definition) is 8. The summed E-state index contributed by atoms with van der Waals surface area (Å²) in [6, 6.07) is 13.0. The smallest absolute Gasteiger partial charge is 0.257 e. The third kappa shape index (κ3) is 32.2. The Balaban J connectivity index is 0.000000142. The lowest BCUT2D eigenvalue weighted by Crippen LogP contribution is -2.45. The third-order valence-corrected chi connectivity index (χ3v) is 38.8. The summed E-state index contributed by atoms with van der Waals surface area (Å²) in [5.74, 6) is 10.5. The molecule has 5 aliphatic heterocycles. The van der Waals surface area contributed by atoms with Gasteiger partial charge in [-0.15, -0.1) is 0 Å². The monoisotopic (exact) mass is 1980 g/mol. The van der Waals surface area contributed by atoms with Crippen LogP contribution in [0.3, 0.4) is 0 Å². The largest absolute Gasteiger partial charge is 0.382 e. The number of amidine groups is 1. The number of carbonyl (C=O) groups excluding carboxylic acids is 5. The van der Waals surface area contributed by atoms with Crippen molar-refractivity contribution in [1.29, 1.82) is 5.41 Å². The van der Waals surface area contributed by atoms with Gasteiger partial charge in [-0.3, -0.25) is 49.0 Å². The second-order valence-corrected chi connectivity index (χ2v) is 49.9. The number of likely N-dealkylation sites (tertiary alicyclic amines) is 1. The lowest BCUT2D eigenvalue weighted by molar-refractivity contribution is -0.136. The zero-order chi connectivity index (χ0) is 101. The van der Waals surface area contributed by atoms with E-state index in [1.165, 1.54) is 327 Å². The van der Waals surface area contributed by atoms with E-state index in [4.69, 9.17) is 57.8 Å². The topological polar surface area (TPSA) is 333 Å². The van der Waals surface area contributed by atoms with E-state index in [1.54, 1.807) is 52.7 Å². The molecule has 0 aromatic heterocycles. The van der Waals surface area contributed by atoms with E-state index in [9.17, 15) is 24.0 Å². The van der Waals surface area contributed by atoms with Gasteiger partial charge in [-0.05, 0) is 283 Å². The molecular formula is C119H203N17O7. The fraction of sp³-hybridized carbons (Fsp3) is 0.866. The van der Waals surface area contributed by atoms with Gasteiger partial charge in [-0.1, -0.05) is 282 Å². The lowest BCUT2D eigenvalue weighted by atomic mass is 9.68. The van der Waals surface area contributed by atoms with Crippen LogP contribution in [0.1, 0.15) is 470 Å². The number of para-hydroxylation sites is 1. The second-order valence-electron chi connectivity index (χ2n) is 49.9. The van der Waals surface area contributed by atoms with Crippen LogP contribution in [0.25, 0.3) is 0 Å². The Morgan fingerprint density at radius 1 is 0.329 bits per heavy atom. The van der Waals surface area contributed by atoms with Crippen molar-refractivity contribution in [3.8, 4) is 0 Å². The van der Waals surface area contributed by atoms with Crippen molar-refractivity contribution in [1.82, 2.24) is 35.1 Å². The zero-order valence-corrected chi connectivity index (χ0v) is 91.2. The molecule has 5 heterocycles. The van der Waals surface area contributed by atoms with Gasteiger partial charge >= 0.3 is 0 Å². The third-order valence-electron chi connectivity index (χ3n) is 38.8. The van der Waals surface area contributed by atoms with Crippen LogP contribution in [0.5, 0.6) is 0 Å². The number of unbranched alkanes of at least 4 members (excludes halogenated alkanes) is 2. The van der Waals surface area contributed by atoms with Crippen LogP contribution < -0.4 is 38.9 Å². The van der Waals surface area contributed by atoms with Gasteiger partial charge in [0.2, 0.25) is 5.91 Å². The van der Waals surface area contributed by atoms with Gasteiger partial charge in [0.1, 0.15) is 28.0 Å². The van der Waals surface area contributed by atoms with Crippen molar-refractivity contribution in [3.05, 3.63) is 30.3 Å². The molecule has 1 aromatic carbocycles. The highest BCUT2D eigenvalue weighted by atomic mass is 16.5. The molecule has 18 rings (SSSR count). The molecule has 0 radical (unpaired) electrons. The number of carbonyl (C=O) groups is 5. The van der Waals surface area contributed by atoms with Gasteiger partial charge in [0.25, 0.3) is 23.6 Å². The predicted octanol–water partition coefficient (Wildman–Crippen LogP) is 23.7. The number of nitrogens with two attached hydrogens (primary N) is 4. The van der Waals surface area contributed by atoms with E-state index in [-0.39, 0.29) is 35.0 Å². The Bertz CT molecular complexity index is 4110. The van der Waals surface area contributed by atoms with Crippen molar-refractivity contribution >= 4 is 64.9 Å². The van der Waals surface area contributed by atoms with Crippen molar-refractivity contribution in [2.75, 3.05) is 60.3 Å². The molecular weight excluding hydrogens is 1780 g/mol. The Labute approximate surface area is 866 Å². The molecule has 12 N–H and O–H groups in total. The second kappa shape index (κ2) is 55.5. The normalized spacial score (nSPS) is 32.8. The highest BCUT2D eigenvalue weighted by Crippen LogP contribution is 2.51. The van der Waals surface area contributed by atoms with Gasteiger partial charge < -0.3 is 53.3 Å². The molecule has 0 bridgehead atoms. The van der Waals surface area contributed by atoms with E-state index in [0.717, 1.165) is 190 Å². The molecule has 0 spiro atoms. The first-order valence-electron chi connectivity index (χ1n) is 60.2. The summed E-state index contributed by atoms with van der Waals surface area (Å²) in [5, 5.41) is 19.8. The number of nitrogens with zero attached hydrogens (tertiary/aromatic N) is 9. The molecule has 15 atom stereocenters. The average molecular weight is 1980 g/mol. The van der Waals surface area contributed by atoms with Crippen molar-refractivity contribution in [3.63, 3.8) is 0 Å². The molecule has 5 amide bonds. The Morgan fingerprint density at radius 3 is 0.979 bits per heavy atom. The summed E-state index contributed by atoms with van der Waals surface area (Å²) >= 11 is 0.